The minimum atomic E-state index is 0.527. The highest BCUT2D eigenvalue weighted by atomic mass is 16.3. The molecule has 0 heterocycles. The Morgan fingerprint density at radius 3 is 1.42 bits per heavy atom. The van der Waals surface area contributed by atoms with Crippen LogP contribution in [0.2, 0.25) is 0 Å². The summed E-state index contributed by atoms with van der Waals surface area (Å²) in [5.41, 5.74) is 0. The number of rotatable bonds is 21. The van der Waals surface area contributed by atoms with Crippen LogP contribution >= 0.6 is 0 Å². The van der Waals surface area contributed by atoms with Gasteiger partial charge in [-0.25, -0.2) is 0 Å². The second-order valence-electron chi connectivity index (χ2n) is 8.00. The molecule has 156 valence electrons. The molecule has 0 spiro atoms. The molecule has 0 bridgehead atoms. The van der Waals surface area contributed by atoms with Gasteiger partial charge in [0.2, 0.25) is 0 Å². The molecule has 0 aliphatic carbocycles. The third-order valence-corrected chi connectivity index (χ3v) is 5.23. The second-order valence-corrected chi connectivity index (χ2v) is 8.00. The molecule has 0 amide bonds. The third-order valence-electron chi connectivity index (χ3n) is 5.23. The lowest BCUT2D eigenvalue weighted by molar-refractivity contribution is 0.375. The van der Waals surface area contributed by atoms with E-state index >= 15 is 0 Å². The van der Waals surface area contributed by atoms with Gasteiger partial charge >= 0.3 is 0 Å². The summed E-state index contributed by atoms with van der Waals surface area (Å²) in [6.07, 6.45) is 27.0. The van der Waals surface area contributed by atoms with Crippen molar-refractivity contribution in [3.8, 4) is 0 Å². The SMILES string of the molecule is CCCCCCCCCCCCCCNC=C(O)CCCCCCCC. The Hall–Kier alpha value is -0.660. The summed E-state index contributed by atoms with van der Waals surface area (Å²) in [4.78, 5) is 0. The normalized spacial score (nSPS) is 11.8. The van der Waals surface area contributed by atoms with Crippen LogP contribution in [0.4, 0.5) is 0 Å². The largest absolute Gasteiger partial charge is 0.511 e. The van der Waals surface area contributed by atoms with Crippen molar-refractivity contribution in [2.75, 3.05) is 6.54 Å². The molecule has 2 heteroatoms. The van der Waals surface area contributed by atoms with Crippen molar-refractivity contribution in [2.45, 2.75) is 136 Å². The van der Waals surface area contributed by atoms with Gasteiger partial charge in [0.05, 0.1) is 0 Å². The topological polar surface area (TPSA) is 32.3 Å². The highest BCUT2D eigenvalue weighted by molar-refractivity contribution is 4.88. The molecule has 0 radical (unpaired) electrons. The Balaban J connectivity index is 3.19. The second kappa shape index (κ2) is 22.4. The van der Waals surface area contributed by atoms with Gasteiger partial charge in [0.1, 0.15) is 5.76 Å². The molecular weight excluding hydrogens is 318 g/mol. The maximum atomic E-state index is 9.84. The van der Waals surface area contributed by atoms with Gasteiger partial charge in [-0.05, 0) is 12.8 Å². The van der Waals surface area contributed by atoms with Crippen LogP contribution in [0.5, 0.6) is 0 Å². The summed E-state index contributed by atoms with van der Waals surface area (Å²) >= 11 is 0. The van der Waals surface area contributed by atoms with Crippen molar-refractivity contribution < 1.29 is 5.11 Å². The van der Waals surface area contributed by atoms with Gasteiger partial charge in [-0.2, -0.15) is 0 Å². The molecule has 26 heavy (non-hydrogen) atoms. The van der Waals surface area contributed by atoms with Gasteiger partial charge in [0, 0.05) is 19.2 Å². The molecular formula is C24H49NO. The van der Waals surface area contributed by atoms with E-state index < -0.39 is 0 Å². The monoisotopic (exact) mass is 367 g/mol. The fourth-order valence-corrected chi connectivity index (χ4v) is 3.42. The Morgan fingerprint density at radius 2 is 0.962 bits per heavy atom. The van der Waals surface area contributed by atoms with E-state index in [1.807, 2.05) is 6.20 Å². The molecule has 0 aliphatic heterocycles. The van der Waals surface area contributed by atoms with E-state index in [1.165, 1.54) is 109 Å². The number of hydrogen-bond acceptors (Lipinski definition) is 2. The number of allylic oxidation sites excluding steroid dienone is 1. The first kappa shape index (κ1) is 25.3. The lowest BCUT2D eigenvalue weighted by atomic mass is 10.1. The van der Waals surface area contributed by atoms with E-state index in [-0.39, 0.29) is 0 Å². The van der Waals surface area contributed by atoms with E-state index in [9.17, 15) is 5.11 Å². The molecule has 0 aromatic rings. The molecule has 2 N–H and O–H groups in total. The molecule has 0 aliphatic rings. The highest BCUT2D eigenvalue weighted by Gasteiger charge is 1.96. The maximum absolute atomic E-state index is 9.84. The molecule has 0 aromatic carbocycles. The van der Waals surface area contributed by atoms with Crippen molar-refractivity contribution >= 4 is 0 Å². The summed E-state index contributed by atoms with van der Waals surface area (Å²) in [6, 6.07) is 0. The number of aliphatic hydroxyl groups excluding tert-OH is 1. The van der Waals surface area contributed by atoms with Crippen molar-refractivity contribution in [1.82, 2.24) is 5.32 Å². The van der Waals surface area contributed by atoms with E-state index in [4.69, 9.17) is 0 Å². The smallest absolute Gasteiger partial charge is 0.108 e. The van der Waals surface area contributed by atoms with Crippen LogP contribution < -0.4 is 5.32 Å². The van der Waals surface area contributed by atoms with Gasteiger partial charge < -0.3 is 10.4 Å². The molecule has 0 fully saturated rings. The minimum Gasteiger partial charge on any atom is -0.511 e. The predicted octanol–water partition coefficient (Wildman–Crippen LogP) is 8.43. The maximum Gasteiger partial charge on any atom is 0.108 e. The first-order valence-electron chi connectivity index (χ1n) is 11.9. The summed E-state index contributed by atoms with van der Waals surface area (Å²) in [6.45, 7) is 5.53. The molecule has 0 saturated carbocycles. The zero-order valence-electron chi connectivity index (χ0n) is 18.2. The van der Waals surface area contributed by atoms with Crippen molar-refractivity contribution in [3.63, 3.8) is 0 Å². The molecule has 0 atom stereocenters. The lowest BCUT2D eigenvalue weighted by Crippen LogP contribution is -2.08. The van der Waals surface area contributed by atoms with Crippen molar-refractivity contribution in [3.05, 3.63) is 12.0 Å². The van der Waals surface area contributed by atoms with Crippen molar-refractivity contribution in [1.29, 1.82) is 0 Å². The number of aliphatic hydroxyl groups is 1. The van der Waals surface area contributed by atoms with Crippen LogP contribution in [0.1, 0.15) is 136 Å². The first-order chi connectivity index (χ1) is 12.8. The average Bonchev–Trinajstić information content (AvgIpc) is 2.65. The van der Waals surface area contributed by atoms with Crippen LogP contribution in [0.15, 0.2) is 12.0 Å². The van der Waals surface area contributed by atoms with E-state index in [0.717, 1.165) is 19.4 Å². The summed E-state index contributed by atoms with van der Waals surface area (Å²) < 4.78 is 0. The van der Waals surface area contributed by atoms with Crippen LogP contribution in [-0.4, -0.2) is 11.7 Å². The molecule has 0 unspecified atom stereocenters. The zero-order valence-corrected chi connectivity index (χ0v) is 18.2. The fourth-order valence-electron chi connectivity index (χ4n) is 3.42. The van der Waals surface area contributed by atoms with E-state index in [0.29, 0.717) is 5.76 Å². The van der Waals surface area contributed by atoms with Crippen LogP contribution in [-0.2, 0) is 0 Å². The van der Waals surface area contributed by atoms with Crippen molar-refractivity contribution in [2.24, 2.45) is 0 Å². The fraction of sp³-hybridized carbons (Fsp3) is 0.917. The van der Waals surface area contributed by atoms with E-state index in [2.05, 4.69) is 19.2 Å². The Bertz CT molecular complexity index is 288. The minimum absolute atomic E-state index is 0.527. The Kier molecular flexibility index (Phi) is 21.8. The standard InChI is InChI=1S/C24H49NO/c1-3-5-7-9-11-12-13-14-15-16-18-20-22-25-23-24(26)21-19-17-10-8-6-4-2/h23,25-26H,3-22H2,1-2H3. The molecule has 2 nitrogen and oxygen atoms in total. The predicted molar refractivity (Wildman–Crippen MR) is 118 cm³/mol. The molecule has 0 saturated heterocycles. The van der Waals surface area contributed by atoms with Crippen LogP contribution in [0.25, 0.3) is 0 Å². The first-order valence-corrected chi connectivity index (χ1v) is 11.9. The zero-order chi connectivity index (χ0) is 19.1. The summed E-state index contributed by atoms with van der Waals surface area (Å²) in [5, 5.41) is 13.1. The number of hydrogen-bond donors (Lipinski definition) is 2. The van der Waals surface area contributed by atoms with Gasteiger partial charge in [-0.3, -0.25) is 0 Å². The summed E-state index contributed by atoms with van der Waals surface area (Å²) in [5.74, 6) is 0.527. The van der Waals surface area contributed by atoms with Gasteiger partial charge in [0.15, 0.2) is 0 Å². The van der Waals surface area contributed by atoms with Gasteiger partial charge in [0.25, 0.3) is 0 Å². The lowest BCUT2D eigenvalue weighted by Gasteiger charge is -2.05. The third kappa shape index (κ3) is 21.4. The number of nitrogens with one attached hydrogen (secondary N) is 1. The Labute approximate surface area is 165 Å². The van der Waals surface area contributed by atoms with Crippen LogP contribution in [0.3, 0.4) is 0 Å². The molecule has 0 aromatic heterocycles. The number of unbranched alkanes of at least 4 members (excludes halogenated alkanes) is 16. The average molecular weight is 368 g/mol. The highest BCUT2D eigenvalue weighted by Crippen LogP contribution is 2.12. The van der Waals surface area contributed by atoms with Gasteiger partial charge in [-0.15, -0.1) is 0 Å². The molecule has 0 rings (SSSR count). The van der Waals surface area contributed by atoms with Gasteiger partial charge in [-0.1, -0.05) is 117 Å². The van der Waals surface area contributed by atoms with E-state index in [1.54, 1.807) is 0 Å². The Morgan fingerprint density at radius 1 is 0.577 bits per heavy atom. The van der Waals surface area contributed by atoms with Crippen LogP contribution in [0, 0.1) is 0 Å². The quantitative estimate of drug-likeness (QED) is 0.157. The summed E-state index contributed by atoms with van der Waals surface area (Å²) in [7, 11) is 0.